The molecule has 0 unspecified atom stereocenters. The normalized spacial score (nSPS) is 10.7. The van der Waals surface area contributed by atoms with Gasteiger partial charge < -0.3 is 10.1 Å². The first-order chi connectivity index (χ1) is 13.5. The summed E-state index contributed by atoms with van der Waals surface area (Å²) >= 11 is 1.39. The van der Waals surface area contributed by atoms with Crippen molar-refractivity contribution in [3.63, 3.8) is 0 Å². The molecule has 3 aromatic rings. The number of carbonyl (C=O) groups excluding carboxylic acids is 1. The van der Waals surface area contributed by atoms with Crippen LogP contribution in [0.4, 0.5) is 5.69 Å². The maximum Gasteiger partial charge on any atom is 0.267 e. The van der Waals surface area contributed by atoms with E-state index in [0.29, 0.717) is 11.5 Å². The molecule has 1 aromatic heterocycles. The molecule has 1 heterocycles. The predicted molar refractivity (Wildman–Crippen MR) is 116 cm³/mol. The van der Waals surface area contributed by atoms with Gasteiger partial charge in [0.2, 0.25) is 0 Å². The molecule has 0 bridgehead atoms. The Bertz CT molecular complexity index is 939. The van der Waals surface area contributed by atoms with E-state index in [9.17, 15) is 4.79 Å². The molecule has 0 atom stereocenters. The Morgan fingerprint density at radius 1 is 1.04 bits per heavy atom. The second-order valence-corrected chi connectivity index (χ2v) is 7.82. The summed E-state index contributed by atoms with van der Waals surface area (Å²) in [5, 5.41) is 3.92. The van der Waals surface area contributed by atoms with E-state index in [1.807, 2.05) is 44.2 Å². The minimum atomic E-state index is -0.104. The van der Waals surface area contributed by atoms with E-state index in [-0.39, 0.29) is 5.91 Å². The molecule has 0 aliphatic heterocycles. The van der Waals surface area contributed by atoms with Crippen LogP contribution in [0, 0.1) is 13.8 Å². The van der Waals surface area contributed by atoms with E-state index >= 15 is 0 Å². The van der Waals surface area contributed by atoms with Crippen LogP contribution in [0.3, 0.4) is 0 Å². The summed E-state index contributed by atoms with van der Waals surface area (Å²) in [5.41, 5.74) is 5.16. The van der Waals surface area contributed by atoms with Crippen LogP contribution in [0.1, 0.15) is 50.9 Å². The summed E-state index contributed by atoms with van der Waals surface area (Å²) in [6, 6.07) is 14.1. The van der Waals surface area contributed by atoms with Crippen molar-refractivity contribution < 1.29 is 9.53 Å². The maximum atomic E-state index is 12.9. The predicted octanol–water partition coefficient (Wildman–Crippen LogP) is 5.72. The van der Waals surface area contributed by atoms with Gasteiger partial charge in [0, 0.05) is 5.69 Å². The zero-order valence-electron chi connectivity index (χ0n) is 16.8. The number of aryl methyl sites for hydroxylation is 4. The lowest BCUT2D eigenvalue weighted by Crippen LogP contribution is -2.14. The lowest BCUT2D eigenvalue weighted by atomic mass is 10.0. The molecule has 0 radical (unpaired) electrons. The van der Waals surface area contributed by atoms with E-state index in [4.69, 9.17) is 4.74 Å². The van der Waals surface area contributed by atoms with Crippen LogP contribution in [0.15, 0.2) is 42.5 Å². The first-order valence-corrected chi connectivity index (χ1v) is 10.4. The Morgan fingerprint density at radius 3 is 2.29 bits per heavy atom. The number of benzene rings is 2. The summed E-state index contributed by atoms with van der Waals surface area (Å²) in [5.74, 6) is 0.695. The minimum Gasteiger partial charge on any atom is -0.486 e. The highest BCUT2D eigenvalue weighted by atomic mass is 32.1. The molecule has 3 rings (SSSR count). The van der Waals surface area contributed by atoms with Crippen LogP contribution < -0.4 is 10.1 Å². The number of ether oxygens (including phenoxy) is 1. The molecule has 2 aromatic carbocycles. The quantitative estimate of drug-likeness (QED) is 0.558. The summed E-state index contributed by atoms with van der Waals surface area (Å²) in [4.78, 5) is 18.1. The van der Waals surface area contributed by atoms with Gasteiger partial charge in [-0.25, -0.2) is 4.98 Å². The van der Waals surface area contributed by atoms with Crippen molar-refractivity contribution in [3.8, 4) is 5.75 Å². The third kappa shape index (κ3) is 4.60. The fraction of sp³-hybridized carbons (Fsp3) is 0.304. The number of para-hydroxylation sites is 1. The van der Waals surface area contributed by atoms with Gasteiger partial charge >= 0.3 is 0 Å². The van der Waals surface area contributed by atoms with Gasteiger partial charge in [-0.15, -0.1) is 11.3 Å². The Kier molecular flexibility index (Phi) is 6.47. The highest BCUT2D eigenvalue weighted by Gasteiger charge is 2.18. The Morgan fingerprint density at radius 2 is 1.68 bits per heavy atom. The Labute approximate surface area is 170 Å². The number of aromatic nitrogens is 1. The zero-order chi connectivity index (χ0) is 20.1. The third-order valence-corrected chi connectivity index (χ3v) is 5.80. The van der Waals surface area contributed by atoms with Gasteiger partial charge in [-0.1, -0.05) is 49.7 Å². The van der Waals surface area contributed by atoms with Gasteiger partial charge in [0.05, 0.1) is 5.69 Å². The van der Waals surface area contributed by atoms with Crippen molar-refractivity contribution in [2.45, 2.75) is 47.1 Å². The summed E-state index contributed by atoms with van der Waals surface area (Å²) < 4.78 is 5.80. The van der Waals surface area contributed by atoms with E-state index < -0.39 is 0 Å². The van der Waals surface area contributed by atoms with Crippen LogP contribution in [0.2, 0.25) is 0 Å². The number of amides is 1. The van der Waals surface area contributed by atoms with E-state index in [0.717, 1.165) is 46.1 Å². The smallest absolute Gasteiger partial charge is 0.267 e. The second kappa shape index (κ2) is 9.02. The highest BCUT2D eigenvalue weighted by Crippen LogP contribution is 2.26. The molecule has 0 aliphatic carbocycles. The zero-order valence-corrected chi connectivity index (χ0v) is 17.7. The molecule has 0 saturated heterocycles. The Balaban J connectivity index is 1.74. The molecule has 5 heteroatoms. The SMILES string of the molecule is CCc1cccc(CC)c1NC(=O)c1sc(COc2ccc(C)cc2)nc1C. The largest absolute Gasteiger partial charge is 0.486 e. The molecule has 4 nitrogen and oxygen atoms in total. The Hall–Kier alpha value is -2.66. The third-order valence-electron chi connectivity index (χ3n) is 4.67. The van der Waals surface area contributed by atoms with Crippen LogP contribution in [-0.4, -0.2) is 10.9 Å². The molecule has 0 saturated carbocycles. The maximum absolute atomic E-state index is 12.9. The van der Waals surface area contributed by atoms with Crippen molar-refractivity contribution in [2.75, 3.05) is 5.32 Å². The second-order valence-electron chi connectivity index (χ2n) is 6.74. The fourth-order valence-electron chi connectivity index (χ4n) is 3.08. The number of carbonyl (C=O) groups is 1. The molecule has 28 heavy (non-hydrogen) atoms. The lowest BCUT2D eigenvalue weighted by Gasteiger charge is -2.14. The average Bonchev–Trinajstić information content (AvgIpc) is 3.08. The minimum absolute atomic E-state index is 0.104. The monoisotopic (exact) mass is 394 g/mol. The van der Waals surface area contributed by atoms with Crippen molar-refractivity contribution in [3.05, 3.63) is 74.7 Å². The van der Waals surface area contributed by atoms with Gasteiger partial charge in [0.1, 0.15) is 22.2 Å². The van der Waals surface area contributed by atoms with Crippen LogP contribution in [0.25, 0.3) is 0 Å². The molecule has 0 aliphatic rings. The first kappa shape index (κ1) is 20.1. The first-order valence-electron chi connectivity index (χ1n) is 9.59. The molecule has 0 spiro atoms. The van der Waals surface area contributed by atoms with Gasteiger partial charge in [-0.2, -0.15) is 0 Å². The van der Waals surface area contributed by atoms with Crippen LogP contribution in [-0.2, 0) is 19.4 Å². The lowest BCUT2D eigenvalue weighted by molar-refractivity contribution is 0.102. The summed E-state index contributed by atoms with van der Waals surface area (Å²) in [6.07, 6.45) is 1.75. The van der Waals surface area contributed by atoms with Crippen molar-refractivity contribution in [2.24, 2.45) is 0 Å². The fourth-order valence-corrected chi connectivity index (χ4v) is 3.95. The molecule has 146 valence electrons. The molecular formula is C23H26N2O2S. The highest BCUT2D eigenvalue weighted by molar-refractivity contribution is 7.13. The summed E-state index contributed by atoms with van der Waals surface area (Å²) in [6.45, 7) is 8.46. The van der Waals surface area contributed by atoms with Gasteiger partial charge in [-0.3, -0.25) is 4.79 Å². The molecule has 1 amide bonds. The van der Waals surface area contributed by atoms with Gasteiger partial charge in [-0.05, 0) is 49.9 Å². The number of hydrogen-bond donors (Lipinski definition) is 1. The average molecular weight is 395 g/mol. The van der Waals surface area contributed by atoms with E-state index in [1.165, 1.54) is 16.9 Å². The van der Waals surface area contributed by atoms with E-state index in [1.54, 1.807) is 0 Å². The number of hydrogen-bond acceptors (Lipinski definition) is 4. The number of thiazole rings is 1. The number of nitrogens with zero attached hydrogens (tertiary/aromatic N) is 1. The molecular weight excluding hydrogens is 368 g/mol. The van der Waals surface area contributed by atoms with Crippen molar-refractivity contribution in [1.29, 1.82) is 0 Å². The molecule has 0 fully saturated rings. The molecule has 1 N–H and O–H groups in total. The summed E-state index contributed by atoms with van der Waals surface area (Å²) in [7, 11) is 0. The van der Waals surface area contributed by atoms with Crippen LogP contribution in [0.5, 0.6) is 5.75 Å². The number of nitrogens with one attached hydrogen (secondary N) is 1. The van der Waals surface area contributed by atoms with Crippen molar-refractivity contribution in [1.82, 2.24) is 4.98 Å². The van der Waals surface area contributed by atoms with Crippen molar-refractivity contribution >= 4 is 22.9 Å². The topological polar surface area (TPSA) is 51.2 Å². The van der Waals surface area contributed by atoms with Crippen LogP contribution >= 0.6 is 11.3 Å². The van der Waals surface area contributed by atoms with Gasteiger partial charge in [0.25, 0.3) is 5.91 Å². The van der Waals surface area contributed by atoms with Gasteiger partial charge in [0.15, 0.2) is 0 Å². The number of rotatable bonds is 7. The standard InChI is InChI=1S/C23H26N2O2S/c1-5-17-8-7-9-18(6-2)21(17)25-23(26)22-16(4)24-20(28-22)14-27-19-12-10-15(3)11-13-19/h7-13H,5-6,14H2,1-4H3,(H,25,26). The number of anilines is 1. The van der Waals surface area contributed by atoms with E-state index in [2.05, 4.69) is 36.3 Å².